The number of carbonyl (C=O) groups is 1. The monoisotopic (exact) mass is 377 g/mol. The van der Waals surface area contributed by atoms with Gasteiger partial charge in [-0.15, -0.1) is 23.5 Å². The minimum Gasteiger partial charge on any atom is -0.322 e. The van der Waals surface area contributed by atoms with Crippen molar-refractivity contribution in [3.63, 3.8) is 0 Å². The lowest BCUT2D eigenvalue weighted by molar-refractivity contribution is -0.112. The molecule has 0 saturated carbocycles. The molecule has 0 saturated heterocycles. The molecular formula is C22H19NOS2. The molecule has 3 rings (SSSR count). The molecule has 26 heavy (non-hydrogen) atoms. The zero-order valence-electron chi connectivity index (χ0n) is 14.2. The predicted octanol–water partition coefficient (Wildman–Crippen LogP) is 6.09. The molecule has 0 heterocycles. The van der Waals surface area contributed by atoms with Gasteiger partial charge in [-0.25, -0.2) is 0 Å². The van der Waals surface area contributed by atoms with Gasteiger partial charge in [-0.3, -0.25) is 4.79 Å². The van der Waals surface area contributed by atoms with E-state index in [0.29, 0.717) is 5.57 Å². The van der Waals surface area contributed by atoms with Gasteiger partial charge in [-0.1, -0.05) is 61.2 Å². The van der Waals surface area contributed by atoms with Crippen molar-refractivity contribution in [2.24, 2.45) is 0 Å². The second-order valence-electron chi connectivity index (χ2n) is 5.54. The van der Waals surface area contributed by atoms with Crippen LogP contribution in [-0.2, 0) is 4.79 Å². The van der Waals surface area contributed by atoms with Crippen LogP contribution in [0.25, 0.3) is 0 Å². The first-order valence-corrected chi connectivity index (χ1v) is 9.97. The summed E-state index contributed by atoms with van der Waals surface area (Å²) in [5.41, 5.74) is 1.31. The highest BCUT2D eigenvalue weighted by Crippen LogP contribution is 2.39. The number of para-hydroxylation sites is 1. The van der Waals surface area contributed by atoms with Gasteiger partial charge < -0.3 is 5.32 Å². The van der Waals surface area contributed by atoms with E-state index >= 15 is 0 Å². The van der Waals surface area contributed by atoms with Gasteiger partial charge in [0.05, 0.1) is 4.58 Å². The first kappa shape index (κ1) is 18.4. The highest BCUT2D eigenvalue weighted by atomic mass is 32.2. The molecule has 0 atom stereocenters. The zero-order chi connectivity index (χ0) is 18.2. The van der Waals surface area contributed by atoms with Crippen molar-refractivity contribution < 1.29 is 4.79 Å². The molecule has 0 unspecified atom stereocenters. The topological polar surface area (TPSA) is 29.1 Å². The molecule has 2 nitrogen and oxygen atoms in total. The molecule has 0 aromatic heterocycles. The smallest absolute Gasteiger partial charge is 0.253 e. The van der Waals surface area contributed by atoms with E-state index in [9.17, 15) is 4.79 Å². The fourth-order valence-electron chi connectivity index (χ4n) is 2.25. The van der Waals surface area contributed by atoms with Gasteiger partial charge in [0.15, 0.2) is 0 Å². The van der Waals surface area contributed by atoms with Gasteiger partial charge >= 0.3 is 0 Å². The highest BCUT2D eigenvalue weighted by molar-refractivity contribution is 8.17. The van der Waals surface area contributed by atoms with E-state index in [1.54, 1.807) is 23.5 Å². The van der Waals surface area contributed by atoms with Crippen LogP contribution < -0.4 is 5.32 Å². The van der Waals surface area contributed by atoms with E-state index < -0.39 is 0 Å². The minimum atomic E-state index is -0.159. The lowest BCUT2D eigenvalue weighted by Crippen LogP contribution is -2.19. The molecule has 3 aromatic rings. The van der Waals surface area contributed by atoms with Crippen molar-refractivity contribution in [2.75, 3.05) is 5.32 Å². The van der Waals surface area contributed by atoms with Crippen molar-refractivity contribution in [3.05, 3.63) is 103 Å². The second-order valence-corrected chi connectivity index (χ2v) is 8.19. The molecule has 130 valence electrons. The van der Waals surface area contributed by atoms with E-state index in [0.717, 1.165) is 15.5 Å². The Morgan fingerprint density at radius 3 is 1.62 bits per heavy atom. The summed E-state index contributed by atoms with van der Waals surface area (Å²) in [6, 6.07) is 29.6. The van der Waals surface area contributed by atoms with E-state index in [-0.39, 0.29) is 10.5 Å². The lowest BCUT2D eigenvalue weighted by atomic mass is 10.3. The summed E-state index contributed by atoms with van der Waals surface area (Å²) < 4.78 is -0.122. The fourth-order valence-corrected chi connectivity index (χ4v) is 4.73. The Bertz CT molecular complexity index is 810. The molecule has 0 spiro atoms. The van der Waals surface area contributed by atoms with Gasteiger partial charge in [0.25, 0.3) is 5.91 Å². The molecule has 0 aliphatic rings. The maximum atomic E-state index is 12.7. The van der Waals surface area contributed by atoms with Crippen LogP contribution in [0, 0.1) is 0 Å². The Kier molecular flexibility index (Phi) is 6.58. The summed E-state index contributed by atoms with van der Waals surface area (Å²) in [6.07, 6.45) is 0. The lowest BCUT2D eigenvalue weighted by Gasteiger charge is -2.18. The summed E-state index contributed by atoms with van der Waals surface area (Å²) in [5.74, 6) is -0.159. The maximum Gasteiger partial charge on any atom is 0.253 e. The number of thioether (sulfide) groups is 2. The van der Waals surface area contributed by atoms with Crippen molar-refractivity contribution in [1.29, 1.82) is 0 Å². The van der Waals surface area contributed by atoms with Crippen LogP contribution in [0.15, 0.2) is 113 Å². The number of carbonyl (C=O) groups excluding carboxylic acids is 1. The Morgan fingerprint density at radius 1 is 0.731 bits per heavy atom. The van der Waals surface area contributed by atoms with Crippen LogP contribution in [0.3, 0.4) is 0 Å². The first-order valence-electron chi connectivity index (χ1n) is 8.21. The Labute approximate surface area is 162 Å². The second kappa shape index (κ2) is 9.32. The van der Waals surface area contributed by atoms with Crippen molar-refractivity contribution >= 4 is 35.1 Å². The van der Waals surface area contributed by atoms with E-state index in [1.807, 2.05) is 91.0 Å². The van der Waals surface area contributed by atoms with E-state index in [4.69, 9.17) is 0 Å². The van der Waals surface area contributed by atoms with Gasteiger partial charge in [0.1, 0.15) is 0 Å². The zero-order valence-corrected chi connectivity index (χ0v) is 15.8. The SMILES string of the molecule is C=C(C(=O)Nc1ccccc1)C(Sc1ccccc1)Sc1ccccc1. The number of hydrogen-bond donors (Lipinski definition) is 1. The molecule has 4 heteroatoms. The highest BCUT2D eigenvalue weighted by Gasteiger charge is 2.22. The molecule has 0 radical (unpaired) electrons. The van der Waals surface area contributed by atoms with Crippen LogP contribution in [-0.4, -0.2) is 10.5 Å². The molecule has 0 aliphatic carbocycles. The third kappa shape index (κ3) is 5.28. The third-order valence-corrected chi connectivity index (χ3v) is 6.24. The van der Waals surface area contributed by atoms with Crippen molar-refractivity contribution in [2.45, 2.75) is 14.4 Å². The molecule has 1 N–H and O–H groups in total. The van der Waals surface area contributed by atoms with Crippen LogP contribution in [0.4, 0.5) is 5.69 Å². The van der Waals surface area contributed by atoms with Gasteiger partial charge in [0, 0.05) is 21.1 Å². The van der Waals surface area contributed by atoms with Gasteiger partial charge in [-0.05, 0) is 36.4 Å². The maximum absolute atomic E-state index is 12.7. The van der Waals surface area contributed by atoms with Gasteiger partial charge in [0.2, 0.25) is 0 Å². The number of nitrogens with one attached hydrogen (secondary N) is 1. The molecule has 3 aromatic carbocycles. The predicted molar refractivity (Wildman–Crippen MR) is 113 cm³/mol. The van der Waals surface area contributed by atoms with Crippen LogP contribution in [0.2, 0.25) is 0 Å². The van der Waals surface area contributed by atoms with Crippen molar-refractivity contribution in [1.82, 2.24) is 0 Å². The summed E-state index contributed by atoms with van der Waals surface area (Å²) in [4.78, 5) is 14.9. The Hall–Kier alpha value is -2.43. The Balaban J connectivity index is 1.77. The van der Waals surface area contributed by atoms with E-state index in [1.165, 1.54) is 0 Å². The standard InChI is InChI=1S/C22H19NOS2/c1-17(21(24)23-18-11-5-2-6-12-18)22(25-19-13-7-3-8-14-19)26-20-15-9-4-10-16-20/h2-16,22H,1H2,(H,23,24). The Morgan fingerprint density at radius 2 is 1.15 bits per heavy atom. The van der Waals surface area contributed by atoms with Crippen LogP contribution in [0.1, 0.15) is 0 Å². The number of benzene rings is 3. The third-order valence-electron chi connectivity index (χ3n) is 3.58. The normalized spacial score (nSPS) is 10.5. The summed E-state index contributed by atoms with van der Waals surface area (Å²) >= 11 is 3.27. The summed E-state index contributed by atoms with van der Waals surface area (Å²) in [5, 5.41) is 2.93. The molecule has 0 bridgehead atoms. The van der Waals surface area contributed by atoms with Crippen LogP contribution in [0.5, 0.6) is 0 Å². The summed E-state index contributed by atoms with van der Waals surface area (Å²) in [7, 11) is 0. The van der Waals surface area contributed by atoms with Gasteiger partial charge in [-0.2, -0.15) is 0 Å². The first-order chi connectivity index (χ1) is 12.7. The number of anilines is 1. The summed E-state index contributed by atoms with van der Waals surface area (Å²) in [6.45, 7) is 4.09. The average Bonchev–Trinajstić information content (AvgIpc) is 2.69. The number of amides is 1. The largest absolute Gasteiger partial charge is 0.322 e. The van der Waals surface area contributed by atoms with E-state index in [2.05, 4.69) is 11.9 Å². The fraction of sp³-hybridized carbons (Fsp3) is 0.0455. The molecular weight excluding hydrogens is 358 g/mol. The van der Waals surface area contributed by atoms with Crippen LogP contribution >= 0.6 is 23.5 Å². The molecule has 0 fully saturated rings. The minimum absolute atomic E-state index is 0.122. The average molecular weight is 378 g/mol. The van der Waals surface area contributed by atoms with Crippen molar-refractivity contribution in [3.8, 4) is 0 Å². The number of rotatable bonds is 7. The molecule has 0 aliphatic heterocycles. The number of hydrogen-bond acceptors (Lipinski definition) is 3. The molecule has 1 amide bonds. The quantitative estimate of drug-likeness (QED) is 0.307.